The van der Waals surface area contributed by atoms with E-state index >= 15 is 0 Å². The Morgan fingerprint density at radius 1 is 1.10 bits per heavy atom. The molecule has 1 unspecified atom stereocenters. The maximum absolute atomic E-state index is 12.6. The van der Waals surface area contributed by atoms with Crippen LogP contribution >= 0.6 is 0 Å². The minimum Gasteiger partial charge on any atom is -0.480 e. The molecule has 0 aromatic heterocycles. The smallest absolute Gasteiger partial charge is 0.323 e. The topological polar surface area (TPSA) is 77.9 Å². The fourth-order valence-electron chi connectivity index (χ4n) is 2.96. The highest BCUT2D eigenvalue weighted by Crippen LogP contribution is 2.35. The van der Waals surface area contributed by atoms with Gasteiger partial charge in [-0.3, -0.25) is 14.4 Å². The lowest BCUT2D eigenvalue weighted by atomic mass is 10.1. The van der Waals surface area contributed by atoms with E-state index in [2.05, 4.69) is 0 Å². The van der Waals surface area contributed by atoms with Crippen molar-refractivity contribution in [1.82, 2.24) is 9.80 Å². The Kier molecular flexibility index (Phi) is 3.40. The standard InChI is InChI=1S/C14H20N2O4/c17-12(18)8-16(10-5-6-10)14(20)11-2-1-7-15(11)13(19)9-3-4-9/h9-11H,1-8H2,(H,17,18). The van der Waals surface area contributed by atoms with Crippen molar-refractivity contribution in [2.75, 3.05) is 13.1 Å². The van der Waals surface area contributed by atoms with Crippen LogP contribution in [0.1, 0.15) is 38.5 Å². The van der Waals surface area contributed by atoms with Gasteiger partial charge in [-0.25, -0.2) is 0 Å². The van der Waals surface area contributed by atoms with Crippen LogP contribution in [0.25, 0.3) is 0 Å². The molecule has 2 amide bonds. The number of likely N-dealkylation sites (tertiary alicyclic amines) is 1. The molecule has 0 aromatic rings. The number of hydrogen-bond acceptors (Lipinski definition) is 3. The van der Waals surface area contributed by atoms with Crippen molar-refractivity contribution >= 4 is 17.8 Å². The maximum atomic E-state index is 12.6. The number of aliphatic carboxylic acids is 1. The minimum absolute atomic E-state index is 0.0667. The van der Waals surface area contributed by atoms with E-state index in [0.29, 0.717) is 13.0 Å². The average Bonchev–Trinajstić information content (AvgIpc) is 3.31. The summed E-state index contributed by atoms with van der Waals surface area (Å²) in [5.41, 5.74) is 0. The van der Waals surface area contributed by atoms with Gasteiger partial charge < -0.3 is 14.9 Å². The molecule has 20 heavy (non-hydrogen) atoms. The number of amides is 2. The zero-order valence-electron chi connectivity index (χ0n) is 11.5. The van der Waals surface area contributed by atoms with E-state index in [-0.39, 0.29) is 30.3 Å². The molecule has 0 bridgehead atoms. The molecule has 3 fully saturated rings. The molecule has 3 aliphatic rings. The molecular weight excluding hydrogens is 260 g/mol. The van der Waals surface area contributed by atoms with Gasteiger partial charge >= 0.3 is 5.97 Å². The van der Waals surface area contributed by atoms with E-state index in [1.807, 2.05) is 0 Å². The molecule has 3 rings (SSSR count). The first-order chi connectivity index (χ1) is 9.58. The highest BCUT2D eigenvalue weighted by molar-refractivity contribution is 5.91. The van der Waals surface area contributed by atoms with Gasteiger partial charge in [-0.05, 0) is 38.5 Å². The van der Waals surface area contributed by atoms with E-state index in [9.17, 15) is 14.4 Å². The molecule has 6 heteroatoms. The zero-order valence-corrected chi connectivity index (χ0v) is 11.5. The van der Waals surface area contributed by atoms with Gasteiger partial charge in [0.15, 0.2) is 0 Å². The van der Waals surface area contributed by atoms with E-state index in [0.717, 1.165) is 32.1 Å². The molecule has 0 spiro atoms. The van der Waals surface area contributed by atoms with Crippen LogP contribution in [0, 0.1) is 5.92 Å². The van der Waals surface area contributed by atoms with Crippen LogP contribution in [0.3, 0.4) is 0 Å². The summed E-state index contributed by atoms with van der Waals surface area (Å²) in [5.74, 6) is -0.950. The summed E-state index contributed by atoms with van der Waals surface area (Å²) in [6.45, 7) is 0.392. The molecule has 1 N–H and O–H groups in total. The summed E-state index contributed by atoms with van der Waals surface area (Å²) < 4.78 is 0. The van der Waals surface area contributed by atoms with Crippen molar-refractivity contribution in [1.29, 1.82) is 0 Å². The Balaban J connectivity index is 1.70. The third-order valence-electron chi connectivity index (χ3n) is 4.32. The van der Waals surface area contributed by atoms with E-state index < -0.39 is 12.0 Å². The van der Waals surface area contributed by atoms with Gasteiger partial charge in [0, 0.05) is 18.5 Å². The molecule has 6 nitrogen and oxygen atoms in total. The van der Waals surface area contributed by atoms with Crippen LogP contribution in [0.4, 0.5) is 0 Å². The summed E-state index contributed by atoms with van der Waals surface area (Å²) >= 11 is 0. The monoisotopic (exact) mass is 280 g/mol. The van der Waals surface area contributed by atoms with Crippen LogP contribution in [0.15, 0.2) is 0 Å². The minimum atomic E-state index is -0.983. The molecule has 2 aliphatic carbocycles. The Morgan fingerprint density at radius 2 is 1.80 bits per heavy atom. The summed E-state index contributed by atoms with van der Waals surface area (Å²) in [6, 6.07) is -0.361. The first-order valence-electron chi connectivity index (χ1n) is 7.40. The molecule has 1 atom stereocenters. The summed E-state index contributed by atoms with van der Waals surface area (Å²) in [6.07, 6.45) is 5.11. The van der Waals surface area contributed by atoms with Crippen LogP contribution < -0.4 is 0 Å². The fraction of sp³-hybridized carbons (Fsp3) is 0.786. The highest BCUT2D eigenvalue weighted by Gasteiger charge is 2.44. The van der Waals surface area contributed by atoms with Gasteiger partial charge in [-0.15, -0.1) is 0 Å². The molecule has 0 radical (unpaired) electrons. The van der Waals surface area contributed by atoms with Gasteiger partial charge in [-0.2, -0.15) is 0 Å². The highest BCUT2D eigenvalue weighted by atomic mass is 16.4. The van der Waals surface area contributed by atoms with Crippen molar-refractivity contribution in [2.24, 2.45) is 5.92 Å². The van der Waals surface area contributed by atoms with Crippen molar-refractivity contribution in [2.45, 2.75) is 50.6 Å². The first-order valence-corrected chi connectivity index (χ1v) is 7.40. The quantitative estimate of drug-likeness (QED) is 0.793. The van der Waals surface area contributed by atoms with Crippen LogP contribution in [0.5, 0.6) is 0 Å². The third kappa shape index (κ3) is 2.64. The van der Waals surface area contributed by atoms with Gasteiger partial charge in [0.1, 0.15) is 12.6 Å². The van der Waals surface area contributed by atoms with Gasteiger partial charge in [0.25, 0.3) is 0 Å². The predicted octanol–water partition coefficient (Wildman–Crippen LogP) is 0.463. The Hall–Kier alpha value is -1.59. The van der Waals surface area contributed by atoms with Crippen LogP contribution in [-0.4, -0.2) is 57.9 Å². The number of carbonyl (C=O) groups excluding carboxylic acids is 2. The molecule has 1 saturated heterocycles. The second-order valence-electron chi connectivity index (χ2n) is 6.05. The lowest BCUT2D eigenvalue weighted by molar-refractivity contribution is -0.149. The van der Waals surface area contributed by atoms with Crippen molar-refractivity contribution in [3.8, 4) is 0 Å². The number of carboxylic acid groups (broad SMARTS) is 1. The number of nitrogens with zero attached hydrogens (tertiary/aromatic N) is 2. The van der Waals surface area contributed by atoms with Gasteiger partial charge in [0.2, 0.25) is 11.8 Å². The fourth-order valence-corrected chi connectivity index (χ4v) is 2.96. The number of hydrogen-bond donors (Lipinski definition) is 1. The predicted molar refractivity (Wildman–Crippen MR) is 69.8 cm³/mol. The summed E-state index contributed by atoms with van der Waals surface area (Å²) in [4.78, 5) is 38.9. The lowest BCUT2D eigenvalue weighted by Gasteiger charge is -2.29. The van der Waals surface area contributed by atoms with Gasteiger partial charge in [-0.1, -0.05) is 0 Å². The molecule has 0 aromatic carbocycles. The average molecular weight is 280 g/mol. The Bertz CT molecular complexity index is 442. The molecule has 110 valence electrons. The molecule has 1 aliphatic heterocycles. The SMILES string of the molecule is O=C(O)CN(C(=O)C1CCCN1C(=O)C1CC1)C1CC1. The normalized spacial score (nSPS) is 25.6. The summed E-state index contributed by atoms with van der Waals surface area (Å²) in [5, 5.41) is 8.95. The van der Waals surface area contributed by atoms with E-state index in [4.69, 9.17) is 5.11 Å². The number of carboxylic acids is 1. The number of carbonyl (C=O) groups is 3. The largest absolute Gasteiger partial charge is 0.480 e. The van der Waals surface area contributed by atoms with E-state index in [1.165, 1.54) is 4.90 Å². The van der Waals surface area contributed by atoms with E-state index in [1.54, 1.807) is 4.90 Å². The van der Waals surface area contributed by atoms with Crippen LogP contribution in [0.2, 0.25) is 0 Å². The van der Waals surface area contributed by atoms with Crippen molar-refractivity contribution in [3.05, 3.63) is 0 Å². The Labute approximate surface area is 117 Å². The van der Waals surface area contributed by atoms with Crippen molar-refractivity contribution in [3.63, 3.8) is 0 Å². The second kappa shape index (κ2) is 5.07. The maximum Gasteiger partial charge on any atom is 0.323 e. The third-order valence-corrected chi connectivity index (χ3v) is 4.32. The van der Waals surface area contributed by atoms with Crippen LogP contribution in [-0.2, 0) is 14.4 Å². The lowest BCUT2D eigenvalue weighted by Crippen LogP contribution is -2.50. The summed E-state index contributed by atoms with van der Waals surface area (Å²) in [7, 11) is 0. The number of rotatable bonds is 5. The molecular formula is C14H20N2O4. The zero-order chi connectivity index (χ0) is 14.3. The second-order valence-corrected chi connectivity index (χ2v) is 6.05. The van der Waals surface area contributed by atoms with Crippen molar-refractivity contribution < 1.29 is 19.5 Å². The van der Waals surface area contributed by atoms with Gasteiger partial charge in [0.05, 0.1) is 0 Å². The molecule has 1 heterocycles. The first kappa shape index (κ1) is 13.4. The Morgan fingerprint density at radius 3 is 2.35 bits per heavy atom. The molecule has 2 saturated carbocycles.